The number of hydrogen-bond donors (Lipinski definition) is 1. The summed E-state index contributed by atoms with van der Waals surface area (Å²) in [4.78, 5) is 14.4. The van der Waals surface area contributed by atoms with E-state index in [4.69, 9.17) is 16.3 Å². The fraction of sp³-hybridized carbons (Fsp3) is 0.304. The van der Waals surface area contributed by atoms with E-state index in [9.17, 15) is 13.6 Å². The molecule has 0 radical (unpaired) electrons. The maximum absolute atomic E-state index is 14.1. The van der Waals surface area contributed by atoms with Gasteiger partial charge in [0.15, 0.2) is 0 Å². The molecule has 168 valence electrons. The lowest BCUT2D eigenvalue weighted by atomic mass is 10.0. The summed E-state index contributed by atoms with van der Waals surface area (Å²) in [5, 5.41) is 7.50. The molecule has 9 heteroatoms. The molecular formula is C23H23ClF2N4O2. The number of ether oxygens (including phenoxy) is 1. The van der Waals surface area contributed by atoms with E-state index < -0.39 is 17.2 Å². The summed E-state index contributed by atoms with van der Waals surface area (Å²) in [6.45, 7) is 2.14. The maximum atomic E-state index is 14.1. The second kappa shape index (κ2) is 9.67. The molecule has 0 saturated carbocycles. The van der Waals surface area contributed by atoms with Gasteiger partial charge in [0.1, 0.15) is 16.7 Å². The third kappa shape index (κ3) is 4.76. The fourth-order valence-electron chi connectivity index (χ4n) is 3.67. The molecule has 0 bridgehead atoms. The molecule has 2 aromatic carbocycles. The molecule has 0 unspecified atom stereocenters. The van der Waals surface area contributed by atoms with Gasteiger partial charge in [-0.1, -0.05) is 11.6 Å². The summed E-state index contributed by atoms with van der Waals surface area (Å²) >= 11 is 6.31. The highest BCUT2D eigenvalue weighted by atomic mass is 35.5. The van der Waals surface area contributed by atoms with E-state index in [1.165, 1.54) is 23.0 Å². The van der Waals surface area contributed by atoms with Crippen LogP contribution in [0, 0.1) is 17.6 Å². The van der Waals surface area contributed by atoms with Crippen molar-refractivity contribution in [2.24, 2.45) is 5.92 Å². The van der Waals surface area contributed by atoms with Crippen LogP contribution in [0.5, 0.6) is 0 Å². The highest BCUT2D eigenvalue weighted by Crippen LogP contribution is 2.27. The molecule has 0 aliphatic carbocycles. The van der Waals surface area contributed by atoms with E-state index in [1.54, 1.807) is 36.2 Å². The number of nitrogens with one attached hydrogen (secondary N) is 1. The van der Waals surface area contributed by atoms with Crippen molar-refractivity contribution in [3.63, 3.8) is 0 Å². The summed E-state index contributed by atoms with van der Waals surface area (Å²) in [7, 11) is 1.67. The van der Waals surface area contributed by atoms with Gasteiger partial charge in [-0.25, -0.2) is 8.78 Å². The lowest BCUT2D eigenvalue weighted by Gasteiger charge is -2.23. The van der Waals surface area contributed by atoms with Crippen LogP contribution < -0.4 is 15.8 Å². The summed E-state index contributed by atoms with van der Waals surface area (Å²) in [6.07, 6.45) is 3.62. The number of benzene rings is 2. The molecule has 6 nitrogen and oxygen atoms in total. The minimum Gasteiger partial charge on any atom is -0.382 e. The van der Waals surface area contributed by atoms with Gasteiger partial charge in [-0.15, -0.1) is 0 Å². The van der Waals surface area contributed by atoms with Crippen LogP contribution in [-0.2, 0) is 4.74 Å². The van der Waals surface area contributed by atoms with E-state index in [0.717, 1.165) is 25.5 Å². The van der Waals surface area contributed by atoms with Gasteiger partial charge in [-0.05, 0) is 55.2 Å². The van der Waals surface area contributed by atoms with Gasteiger partial charge < -0.3 is 15.0 Å². The predicted molar refractivity (Wildman–Crippen MR) is 121 cm³/mol. The fourth-order valence-corrected chi connectivity index (χ4v) is 3.87. The molecule has 1 saturated heterocycles. The molecule has 1 aliphatic rings. The second-order valence-corrected chi connectivity index (χ2v) is 8.10. The van der Waals surface area contributed by atoms with Crippen molar-refractivity contribution < 1.29 is 13.5 Å². The number of aromatic nitrogens is 2. The smallest absolute Gasteiger partial charge is 0.292 e. The number of anilines is 3. The van der Waals surface area contributed by atoms with Crippen molar-refractivity contribution in [3.8, 4) is 5.69 Å². The Morgan fingerprint density at radius 2 is 2.03 bits per heavy atom. The summed E-state index contributed by atoms with van der Waals surface area (Å²) < 4.78 is 33.9. The standard InChI is InChI=1S/C23H23ClF2N4O2/c1-29(21-9-4-16(25)11-19(21)26)17-5-7-18(8-6-17)30-23(31)22(24)20(13-28-30)27-12-15-3-2-10-32-14-15/h4-9,11,13,15,27H,2-3,10,12,14H2,1H3/t15-/m0/s1. The topological polar surface area (TPSA) is 59.4 Å². The van der Waals surface area contributed by atoms with Crippen LogP contribution in [0.25, 0.3) is 5.69 Å². The normalized spacial score (nSPS) is 16.1. The highest BCUT2D eigenvalue weighted by molar-refractivity contribution is 6.32. The molecular weight excluding hydrogens is 438 g/mol. The van der Waals surface area contributed by atoms with Gasteiger partial charge in [0, 0.05) is 32.0 Å². The Balaban J connectivity index is 1.51. The Hall–Kier alpha value is -2.97. The summed E-state index contributed by atoms with van der Waals surface area (Å²) in [5.41, 5.74) is 1.45. The minimum absolute atomic E-state index is 0.0614. The molecule has 4 rings (SSSR count). The van der Waals surface area contributed by atoms with E-state index >= 15 is 0 Å². The zero-order valence-corrected chi connectivity index (χ0v) is 18.3. The lowest BCUT2D eigenvalue weighted by molar-refractivity contribution is 0.0595. The SMILES string of the molecule is CN(c1ccc(-n2ncc(NC[C@@H]3CCCOC3)c(Cl)c2=O)cc1)c1ccc(F)cc1F. The van der Waals surface area contributed by atoms with Crippen LogP contribution in [0.4, 0.5) is 25.8 Å². The van der Waals surface area contributed by atoms with Crippen LogP contribution in [0.3, 0.4) is 0 Å². The molecule has 0 amide bonds. The number of rotatable bonds is 6. The van der Waals surface area contributed by atoms with Gasteiger partial charge >= 0.3 is 0 Å². The number of nitrogens with zero attached hydrogens (tertiary/aromatic N) is 3. The van der Waals surface area contributed by atoms with E-state index in [-0.39, 0.29) is 10.7 Å². The largest absolute Gasteiger partial charge is 0.382 e. The van der Waals surface area contributed by atoms with Crippen molar-refractivity contribution in [2.75, 3.05) is 37.0 Å². The highest BCUT2D eigenvalue weighted by Gasteiger charge is 2.16. The Morgan fingerprint density at radius 1 is 1.25 bits per heavy atom. The first kappa shape index (κ1) is 22.2. The van der Waals surface area contributed by atoms with Crippen LogP contribution in [0.2, 0.25) is 5.02 Å². The first-order valence-corrected chi connectivity index (χ1v) is 10.7. The summed E-state index contributed by atoms with van der Waals surface area (Å²) in [6, 6.07) is 10.2. The lowest BCUT2D eigenvalue weighted by Crippen LogP contribution is -2.26. The van der Waals surface area contributed by atoms with Gasteiger partial charge in [-0.3, -0.25) is 4.79 Å². The van der Waals surface area contributed by atoms with Crippen LogP contribution in [-0.4, -0.2) is 36.6 Å². The van der Waals surface area contributed by atoms with Crippen molar-refractivity contribution in [3.05, 3.63) is 75.7 Å². The van der Waals surface area contributed by atoms with Gasteiger partial charge in [0.2, 0.25) is 0 Å². The van der Waals surface area contributed by atoms with Crippen molar-refractivity contribution in [1.82, 2.24) is 9.78 Å². The molecule has 1 fully saturated rings. The Kier molecular flexibility index (Phi) is 6.72. The van der Waals surface area contributed by atoms with E-state index in [1.807, 2.05) is 0 Å². The van der Waals surface area contributed by atoms with E-state index in [0.29, 0.717) is 36.1 Å². The van der Waals surface area contributed by atoms with Crippen LogP contribution in [0.1, 0.15) is 12.8 Å². The van der Waals surface area contributed by atoms with Crippen LogP contribution in [0.15, 0.2) is 53.5 Å². The maximum Gasteiger partial charge on any atom is 0.292 e. The van der Waals surface area contributed by atoms with Gasteiger partial charge in [0.25, 0.3) is 5.56 Å². The Bertz CT molecular complexity index is 1150. The number of hydrogen-bond acceptors (Lipinski definition) is 5. The second-order valence-electron chi connectivity index (χ2n) is 7.72. The van der Waals surface area contributed by atoms with E-state index in [2.05, 4.69) is 10.4 Å². The third-order valence-electron chi connectivity index (χ3n) is 5.51. The molecule has 3 aromatic rings. The van der Waals surface area contributed by atoms with Crippen molar-refractivity contribution in [1.29, 1.82) is 0 Å². The average Bonchev–Trinajstić information content (AvgIpc) is 2.80. The molecule has 1 atom stereocenters. The monoisotopic (exact) mass is 460 g/mol. The molecule has 32 heavy (non-hydrogen) atoms. The Morgan fingerprint density at radius 3 is 2.72 bits per heavy atom. The molecule has 1 aliphatic heterocycles. The third-order valence-corrected chi connectivity index (χ3v) is 5.87. The molecule has 0 spiro atoms. The quantitative estimate of drug-likeness (QED) is 0.574. The zero-order chi connectivity index (χ0) is 22.7. The molecule has 1 N–H and O–H groups in total. The number of halogens is 3. The molecule has 2 heterocycles. The van der Waals surface area contributed by atoms with Crippen molar-refractivity contribution in [2.45, 2.75) is 12.8 Å². The predicted octanol–water partition coefficient (Wildman–Crippen LogP) is 4.77. The first-order chi connectivity index (χ1) is 15.4. The first-order valence-electron chi connectivity index (χ1n) is 10.3. The average molecular weight is 461 g/mol. The molecule has 1 aromatic heterocycles. The summed E-state index contributed by atoms with van der Waals surface area (Å²) in [5.74, 6) is -0.927. The van der Waals surface area contributed by atoms with Crippen molar-refractivity contribution >= 4 is 28.7 Å². The minimum atomic E-state index is -0.663. The Labute approximate surface area is 189 Å². The van der Waals surface area contributed by atoms with Crippen LogP contribution >= 0.6 is 11.6 Å². The zero-order valence-electron chi connectivity index (χ0n) is 17.5. The van der Waals surface area contributed by atoms with Gasteiger partial charge in [-0.2, -0.15) is 9.78 Å². The van der Waals surface area contributed by atoms with Gasteiger partial charge in [0.05, 0.1) is 29.9 Å².